The Bertz CT molecular complexity index is 798. The van der Waals surface area contributed by atoms with Crippen molar-refractivity contribution in [2.75, 3.05) is 37.7 Å². The van der Waals surface area contributed by atoms with Crippen molar-refractivity contribution < 1.29 is 9.53 Å². The molecule has 1 fully saturated rings. The Balaban J connectivity index is 1.39. The first kappa shape index (κ1) is 17.0. The topological polar surface area (TPSA) is 58.6 Å². The molecule has 1 saturated heterocycles. The van der Waals surface area contributed by atoms with Gasteiger partial charge in [-0.2, -0.15) is 0 Å². The molecule has 1 aromatic carbocycles. The minimum atomic E-state index is -0.0546. The molecular formula is C20H24N4O2. The van der Waals surface area contributed by atoms with E-state index >= 15 is 0 Å². The Labute approximate surface area is 153 Å². The maximum atomic E-state index is 11.3. The Morgan fingerprint density at radius 3 is 2.62 bits per heavy atom. The number of carbonyl (C=O) groups is 1. The number of piperazine rings is 1. The van der Waals surface area contributed by atoms with E-state index in [4.69, 9.17) is 4.74 Å². The van der Waals surface area contributed by atoms with Crippen molar-refractivity contribution in [2.45, 2.75) is 26.3 Å². The van der Waals surface area contributed by atoms with E-state index in [9.17, 15) is 4.79 Å². The van der Waals surface area contributed by atoms with E-state index in [1.807, 2.05) is 6.07 Å². The van der Waals surface area contributed by atoms with Crippen LogP contribution >= 0.6 is 0 Å². The maximum absolute atomic E-state index is 11.3. The van der Waals surface area contributed by atoms with Crippen LogP contribution in [0.15, 0.2) is 30.3 Å². The number of benzene rings is 1. The second-order valence-corrected chi connectivity index (χ2v) is 7.00. The molecule has 0 radical (unpaired) electrons. The number of anilines is 1. The second-order valence-electron chi connectivity index (χ2n) is 7.00. The lowest BCUT2D eigenvalue weighted by molar-refractivity contribution is 0.101. The number of Topliss-reactive ketones (excluding diaryl/α,β-unsaturated/α-hetero) is 1. The summed E-state index contributed by atoms with van der Waals surface area (Å²) in [6.45, 7) is 8.31. The minimum Gasteiger partial charge on any atom is -0.493 e. The number of hydrogen-bond donors (Lipinski definition) is 0. The van der Waals surface area contributed by atoms with Gasteiger partial charge in [-0.3, -0.25) is 9.69 Å². The van der Waals surface area contributed by atoms with E-state index in [-0.39, 0.29) is 5.78 Å². The van der Waals surface area contributed by atoms with Crippen molar-refractivity contribution in [1.29, 1.82) is 0 Å². The van der Waals surface area contributed by atoms with Gasteiger partial charge in [0.25, 0.3) is 0 Å². The fourth-order valence-corrected chi connectivity index (χ4v) is 3.67. The molecule has 6 nitrogen and oxygen atoms in total. The molecule has 4 rings (SSSR count). The lowest BCUT2D eigenvalue weighted by Gasteiger charge is -2.38. The van der Waals surface area contributed by atoms with E-state index in [2.05, 4.69) is 45.1 Å². The number of fused-ring (bicyclic) bond motifs is 1. The van der Waals surface area contributed by atoms with E-state index in [1.165, 1.54) is 18.1 Å². The Morgan fingerprint density at radius 2 is 1.92 bits per heavy atom. The molecule has 26 heavy (non-hydrogen) atoms. The zero-order valence-electron chi connectivity index (χ0n) is 15.3. The molecule has 0 bridgehead atoms. The molecule has 1 atom stereocenters. The van der Waals surface area contributed by atoms with Crippen LogP contribution in [0.1, 0.15) is 41.5 Å². The first-order chi connectivity index (χ1) is 12.6. The number of carbonyl (C=O) groups excluding carboxylic acids is 1. The van der Waals surface area contributed by atoms with Crippen LogP contribution in [0.5, 0.6) is 5.75 Å². The third-order valence-electron chi connectivity index (χ3n) is 5.40. The molecule has 6 heteroatoms. The number of rotatable bonds is 4. The summed E-state index contributed by atoms with van der Waals surface area (Å²) in [5.41, 5.74) is 3.04. The van der Waals surface area contributed by atoms with Crippen molar-refractivity contribution in [1.82, 2.24) is 15.1 Å². The van der Waals surface area contributed by atoms with Crippen molar-refractivity contribution in [3.05, 3.63) is 47.2 Å². The highest BCUT2D eigenvalue weighted by molar-refractivity contribution is 5.91. The molecule has 0 amide bonds. The highest BCUT2D eigenvalue weighted by Crippen LogP contribution is 2.31. The smallest absolute Gasteiger partial charge is 0.180 e. The summed E-state index contributed by atoms with van der Waals surface area (Å²) in [7, 11) is 0. The summed E-state index contributed by atoms with van der Waals surface area (Å²) in [5.74, 6) is 1.84. The predicted molar refractivity (Wildman–Crippen MR) is 99.9 cm³/mol. The van der Waals surface area contributed by atoms with Crippen LogP contribution in [0, 0.1) is 0 Å². The van der Waals surface area contributed by atoms with Gasteiger partial charge in [0.2, 0.25) is 0 Å². The summed E-state index contributed by atoms with van der Waals surface area (Å²) in [5, 5.41) is 8.23. The van der Waals surface area contributed by atoms with E-state index < -0.39 is 0 Å². The molecule has 1 aromatic heterocycles. The summed E-state index contributed by atoms with van der Waals surface area (Å²) in [4.78, 5) is 16.0. The molecule has 1 unspecified atom stereocenters. The van der Waals surface area contributed by atoms with Gasteiger partial charge in [-0.05, 0) is 36.2 Å². The average Bonchev–Trinajstić information content (AvgIpc) is 3.15. The van der Waals surface area contributed by atoms with E-state index in [0.717, 1.165) is 50.8 Å². The molecular weight excluding hydrogens is 328 g/mol. The molecule has 0 saturated carbocycles. The SMILES string of the molecule is CC(=O)c1ccc(N2CCN(C(C)c3ccc4c(c3)OCC4)CC2)nn1. The highest BCUT2D eigenvalue weighted by atomic mass is 16.5. The van der Waals surface area contributed by atoms with Gasteiger partial charge in [0.1, 0.15) is 11.4 Å². The Hall–Kier alpha value is -2.47. The van der Waals surface area contributed by atoms with Gasteiger partial charge >= 0.3 is 0 Å². The second kappa shape index (κ2) is 7.03. The lowest BCUT2D eigenvalue weighted by Crippen LogP contribution is -2.47. The van der Waals surface area contributed by atoms with Gasteiger partial charge in [-0.15, -0.1) is 10.2 Å². The summed E-state index contributed by atoms with van der Waals surface area (Å²) < 4.78 is 5.71. The normalized spacial score (nSPS) is 18.3. The zero-order chi connectivity index (χ0) is 18.1. The molecule has 0 aliphatic carbocycles. The summed E-state index contributed by atoms with van der Waals surface area (Å²) in [6.07, 6.45) is 1.02. The van der Waals surface area contributed by atoms with Crippen LogP contribution in [-0.4, -0.2) is 53.7 Å². The first-order valence-corrected chi connectivity index (χ1v) is 9.21. The van der Waals surface area contributed by atoms with Gasteiger partial charge in [-0.1, -0.05) is 12.1 Å². The average molecular weight is 352 g/mol. The standard InChI is InChI=1S/C20H24N4O2/c1-14(17-4-3-16-7-12-26-19(16)13-17)23-8-10-24(11-9-23)20-6-5-18(15(2)25)21-22-20/h3-6,13-14H,7-12H2,1-2H3. The van der Waals surface area contributed by atoms with E-state index in [1.54, 1.807) is 6.07 Å². The van der Waals surface area contributed by atoms with Gasteiger partial charge in [0, 0.05) is 45.6 Å². The van der Waals surface area contributed by atoms with Gasteiger partial charge in [0.05, 0.1) is 6.61 Å². The molecule has 2 aliphatic heterocycles. The van der Waals surface area contributed by atoms with Crippen LogP contribution < -0.4 is 9.64 Å². The molecule has 2 aliphatic rings. The van der Waals surface area contributed by atoms with Crippen molar-refractivity contribution >= 4 is 11.6 Å². The van der Waals surface area contributed by atoms with Crippen LogP contribution in [0.3, 0.4) is 0 Å². The molecule has 3 heterocycles. The summed E-state index contributed by atoms with van der Waals surface area (Å²) >= 11 is 0. The van der Waals surface area contributed by atoms with Crippen molar-refractivity contribution in [2.24, 2.45) is 0 Å². The van der Waals surface area contributed by atoms with Crippen LogP contribution in [0.4, 0.5) is 5.82 Å². The van der Waals surface area contributed by atoms with Crippen LogP contribution in [0.2, 0.25) is 0 Å². The van der Waals surface area contributed by atoms with Crippen LogP contribution in [-0.2, 0) is 6.42 Å². The first-order valence-electron chi connectivity index (χ1n) is 9.21. The van der Waals surface area contributed by atoms with Gasteiger partial charge < -0.3 is 9.64 Å². The fourth-order valence-electron chi connectivity index (χ4n) is 3.67. The van der Waals surface area contributed by atoms with E-state index in [0.29, 0.717) is 11.7 Å². The number of hydrogen-bond acceptors (Lipinski definition) is 6. The Kier molecular flexibility index (Phi) is 4.59. The van der Waals surface area contributed by atoms with Gasteiger partial charge in [0.15, 0.2) is 11.6 Å². The summed E-state index contributed by atoms with van der Waals surface area (Å²) in [6, 6.07) is 10.6. The molecule has 136 valence electrons. The molecule has 0 spiro atoms. The highest BCUT2D eigenvalue weighted by Gasteiger charge is 2.24. The molecule has 0 N–H and O–H groups in total. The number of ether oxygens (including phenoxy) is 1. The minimum absolute atomic E-state index is 0.0546. The van der Waals surface area contributed by atoms with Gasteiger partial charge in [-0.25, -0.2) is 0 Å². The fraction of sp³-hybridized carbons (Fsp3) is 0.450. The number of ketones is 1. The lowest BCUT2D eigenvalue weighted by atomic mass is 10.0. The number of nitrogens with zero attached hydrogens (tertiary/aromatic N) is 4. The monoisotopic (exact) mass is 352 g/mol. The molecule has 2 aromatic rings. The largest absolute Gasteiger partial charge is 0.493 e. The third-order valence-corrected chi connectivity index (χ3v) is 5.40. The van der Waals surface area contributed by atoms with Crippen molar-refractivity contribution in [3.63, 3.8) is 0 Å². The predicted octanol–water partition coefficient (Wildman–Crippen LogP) is 2.50. The number of aromatic nitrogens is 2. The third kappa shape index (κ3) is 3.29. The van der Waals surface area contributed by atoms with Crippen LogP contribution in [0.25, 0.3) is 0 Å². The zero-order valence-corrected chi connectivity index (χ0v) is 15.3. The van der Waals surface area contributed by atoms with Crippen molar-refractivity contribution in [3.8, 4) is 5.75 Å². The quantitative estimate of drug-likeness (QED) is 0.788. The maximum Gasteiger partial charge on any atom is 0.180 e. The Morgan fingerprint density at radius 1 is 1.12 bits per heavy atom.